The Morgan fingerprint density at radius 1 is 1.23 bits per heavy atom. The molecule has 0 aliphatic heterocycles. The van der Waals surface area contributed by atoms with Crippen LogP contribution in [-0.2, 0) is 26.7 Å². The highest BCUT2D eigenvalue weighted by Gasteiger charge is 2.20. The maximum atomic E-state index is 12.4. The fraction of sp³-hybridized carbons (Fsp3) is 0.353. The Labute approximate surface area is 156 Å². The molecule has 0 spiro atoms. The molecule has 9 heteroatoms. The van der Waals surface area contributed by atoms with Crippen molar-refractivity contribution in [1.82, 2.24) is 15.1 Å². The molecule has 0 radical (unpaired) electrons. The van der Waals surface area contributed by atoms with E-state index in [0.29, 0.717) is 18.9 Å². The average molecular weight is 393 g/mol. The van der Waals surface area contributed by atoms with Crippen LogP contribution in [0.25, 0.3) is 0 Å². The Kier molecular flexibility index (Phi) is 5.80. The maximum Gasteiger partial charge on any atom is 0.232 e. The van der Waals surface area contributed by atoms with Gasteiger partial charge < -0.3 is 9.26 Å². The molecule has 0 saturated heterocycles. The van der Waals surface area contributed by atoms with Crippen molar-refractivity contribution in [1.29, 1.82) is 0 Å². The lowest BCUT2D eigenvalue weighted by Gasteiger charge is -2.06. The summed E-state index contributed by atoms with van der Waals surface area (Å²) < 4.78 is 35.4. The van der Waals surface area contributed by atoms with E-state index in [1.807, 2.05) is 19.2 Å². The van der Waals surface area contributed by atoms with Gasteiger partial charge in [-0.2, -0.15) is 4.98 Å². The highest BCUT2D eigenvalue weighted by atomic mass is 32.2. The van der Waals surface area contributed by atoms with Crippen LogP contribution in [0.2, 0.25) is 0 Å². The van der Waals surface area contributed by atoms with Gasteiger partial charge in [0, 0.05) is 12.0 Å². The summed E-state index contributed by atoms with van der Waals surface area (Å²) in [6.07, 6.45) is 0.293. The van der Waals surface area contributed by atoms with Gasteiger partial charge in [0.1, 0.15) is 16.9 Å². The zero-order chi connectivity index (χ0) is 18.6. The lowest BCUT2D eigenvalue weighted by atomic mass is 10.3. The molecular weight excluding hydrogens is 374 g/mol. The summed E-state index contributed by atoms with van der Waals surface area (Å²) in [7, 11) is -3.50. The zero-order valence-corrected chi connectivity index (χ0v) is 16.1. The molecule has 7 nitrogen and oxygen atoms in total. The molecule has 2 heterocycles. The molecule has 138 valence electrons. The monoisotopic (exact) mass is 393 g/mol. The third kappa shape index (κ3) is 4.54. The number of nitrogens with zero attached hydrogens (tertiary/aromatic N) is 3. The molecule has 0 aliphatic carbocycles. The molecular formula is C17H19N3O4S2. The second-order valence-electron chi connectivity index (χ2n) is 5.63. The molecule has 0 saturated carbocycles. The van der Waals surface area contributed by atoms with E-state index in [-0.39, 0.29) is 22.6 Å². The first kappa shape index (κ1) is 18.7. The predicted molar refractivity (Wildman–Crippen MR) is 96.6 cm³/mol. The molecule has 0 bridgehead atoms. The molecule has 3 rings (SSSR count). The number of aromatic nitrogens is 3. The number of sulfone groups is 1. The summed E-state index contributed by atoms with van der Waals surface area (Å²) in [5.41, 5.74) is 0.790. The Morgan fingerprint density at radius 2 is 2.00 bits per heavy atom. The van der Waals surface area contributed by atoms with Crippen LogP contribution in [0.3, 0.4) is 0 Å². The largest absolute Gasteiger partial charge is 0.372 e. The topological polar surface area (TPSA) is 95.2 Å². The van der Waals surface area contributed by atoms with Gasteiger partial charge in [0.25, 0.3) is 0 Å². The van der Waals surface area contributed by atoms with Crippen LogP contribution in [0.1, 0.15) is 42.4 Å². The number of hydrogen-bond donors (Lipinski definition) is 0. The van der Waals surface area contributed by atoms with Crippen LogP contribution >= 0.6 is 11.3 Å². The van der Waals surface area contributed by atoms with E-state index in [1.54, 1.807) is 30.3 Å². The molecule has 1 aromatic carbocycles. The third-order valence-electron chi connectivity index (χ3n) is 3.60. The minimum Gasteiger partial charge on any atom is -0.372 e. The minimum atomic E-state index is -3.50. The van der Waals surface area contributed by atoms with E-state index in [0.717, 1.165) is 10.7 Å². The van der Waals surface area contributed by atoms with E-state index in [1.165, 1.54) is 11.3 Å². The minimum absolute atomic E-state index is 0.0620. The molecule has 0 N–H and O–H groups in total. The number of benzene rings is 1. The van der Waals surface area contributed by atoms with Crippen LogP contribution in [0.15, 0.2) is 45.1 Å². The van der Waals surface area contributed by atoms with E-state index in [4.69, 9.17) is 9.26 Å². The van der Waals surface area contributed by atoms with Crippen LogP contribution in [-0.4, -0.2) is 30.1 Å². The maximum absolute atomic E-state index is 12.4. The van der Waals surface area contributed by atoms with Crippen molar-refractivity contribution in [3.8, 4) is 0 Å². The predicted octanol–water partition coefficient (Wildman–Crippen LogP) is 3.19. The van der Waals surface area contributed by atoms with Crippen LogP contribution in [0.4, 0.5) is 0 Å². The van der Waals surface area contributed by atoms with E-state index in [9.17, 15) is 8.42 Å². The second kappa shape index (κ2) is 8.07. The van der Waals surface area contributed by atoms with Gasteiger partial charge in [-0.25, -0.2) is 13.4 Å². The van der Waals surface area contributed by atoms with E-state index < -0.39 is 9.84 Å². The molecule has 3 aromatic rings. The van der Waals surface area contributed by atoms with Gasteiger partial charge in [-0.3, -0.25) is 0 Å². The van der Waals surface area contributed by atoms with E-state index in [2.05, 4.69) is 15.1 Å². The zero-order valence-electron chi connectivity index (χ0n) is 14.5. The highest BCUT2D eigenvalue weighted by molar-refractivity contribution is 7.90. The van der Waals surface area contributed by atoms with Gasteiger partial charge in [0.2, 0.25) is 5.89 Å². The van der Waals surface area contributed by atoms with Gasteiger partial charge in [0.05, 0.1) is 17.0 Å². The molecule has 0 fully saturated rings. The van der Waals surface area contributed by atoms with E-state index >= 15 is 0 Å². The summed E-state index contributed by atoms with van der Waals surface area (Å²) in [6, 6.07) is 8.22. The Balaban J connectivity index is 1.67. The van der Waals surface area contributed by atoms with Gasteiger partial charge in [0.15, 0.2) is 15.7 Å². The van der Waals surface area contributed by atoms with Crippen molar-refractivity contribution >= 4 is 21.2 Å². The first-order valence-corrected chi connectivity index (χ1v) is 10.7. The fourth-order valence-electron chi connectivity index (χ4n) is 2.37. The smallest absolute Gasteiger partial charge is 0.232 e. The summed E-state index contributed by atoms with van der Waals surface area (Å²) in [6.45, 7) is 4.51. The quantitative estimate of drug-likeness (QED) is 0.580. The fourth-order valence-corrected chi connectivity index (χ4v) is 4.39. The van der Waals surface area contributed by atoms with Crippen molar-refractivity contribution < 1.29 is 17.7 Å². The Hall–Kier alpha value is -2.10. The summed E-state index contributed by atoms with van der Waals surface area (Å²) in [4.78, 5) is 8.92. The van der Waals surface area contributed by atoms with Gasteiger partial charge in [-0.05, 0) is 26.0 Å². The molecule has 0 amide bonds. The van der Waals surface area contributed by atoms with Crippen LogP contribution < -0.4 is 0 Å². The highest BCUT2D eigenvalue weighted by Crippen LogP contribution is 2.22. The van der Waals surface area contributed by atoms with Gasteiger partial charge in [-0.1, -0.05) is 23.4 Å². The Bertz CT molecular complexity index is 951. The number of ether oxygens (including phenoxy) is 1. The first-order chi connectivity index (χ1) is 12.5. The van der Waals surface area contributed by atoms with Crippen LogP contribution in [0, 0.1) is 0 Å². The van der Waals surface area contributed by atoms with Crippen molar-refractivity contribution in [2.45, 2.75) is 37.0 Å². The molecule has 0 aliphatic rings. The van der Waals surface area contributed by atoms with Crippen molar-refractivity contribution in [2.75, 3.05) is 6.61 Å². The normalized spacial score (nSPS) is 13.0. The molecule has 1 atom stereocenters. The van der Waals surface area contributed by atoms with Crippen molar-refractivity contribution in [3.05, 3.63) is 58.1 Å². The number of rotatable bonds is 8. The van der Waals surface area contributed by atoms with Gasteiger partial charge >= 0.3 is 0 Å². The molecule has 26 heavy (non-hydrogen) atoms. The number of thiazole rings is 1. The van der Waals surface area contributed by atoms with Gasteiger partial charge in [-0.15, -0.1) is 11.3 Å². The SMILES string of the molecule is CCO[C@@H](C)c1nc(Cc2nc(CS(=O)(=O)c3ccccc3)no2)cs1. The molecule has 2 aromatic heterocycles. The Morgan fingerprint density at radius 3 is 2.73 bits per heavy atom. The third-order valence-corrected chi connectivity index (χ3v) is 6.28. The standard InChI is InChI=1S/C17H19N3O4S2/c1-3-23-12(2)17-18-13(10-25-17)9-16-19-15(20-24-16)11-26(21,22)14-7-5-4-6-8-14/h4-8,10,12H,3,9,11H2,1-2H3/t12-/m0/s1. The number of hydrogen-bond acceptors (Lipinski definition) is 8. The summed E-state index contributed by atoms with van der Waals surface area (Å²) in [5, 5.41) is 6.57. The second-order valence-corrected chi connectivity index (χ2v) is 8.51. The lowest BCUT2D eigenvalue weighted by Crippen LogP contribution is -2.06. The summed E-state index contributed by atoms with van der Waals surface area (Å²) in [5.74, 6) is 0.177. The molecule has 0 unspecified atom stereocenters. The first-order valence-electron chi connectivity index (χ1n) is 8.13. The lowest BCUT2D eigenvalue weighted by molar-refractivity contribution is 0.0761. The van der Waals surface area contributed by atoms with Crippen LogP contribution in [0.5, 0.6) is 0 Å². The summed E-state index contributed by atoms with van der Waals surface area (Å²) >= 11 is 1.51. The average Bonchev–Trinajstić information content (AvgIpc) is 3.26. The van der Waals surface area contributed by atoms with Crippen molar-refractivity contribution in [2.24, 2.45) is 0 Å². The van der Waals surface area contributed by atoms with Crippen molar-refractivity contribution in [3.63, 3.8) is 0 Å².